The molecule has 0 saturated heterocycles. The molecule has 4 N–H and O–H groups in total. The van der Waals surface area contributed by atoms with E-state index >= 15 is 0 Å². The summed E-state index contributed by atoms with van der Waals surface area (Å²) in [6.45, 7) is 2.16. The molecule has 6 heteroatoms. The highest BCUT2D eigenvalue weighted by Crippen LogP contribution is 2.19. The van der Waals surface area contributed by atoms with Crippen molar-refractivity contribution in [2.45, 2.75) is 13.2 Å². The Bertz CT molecular complexity index is 398. The van der Waals surface area contributed by atoms with Gasteiger partial charge in [0.25, 0.3) is 5.91 Å². The average molecular weight is 259 g/mol. The molecule has 1 unspecified atom stereocenters. The number of ether oxygens (including phenoxy) is 1. The van der Waals surface area contributed by atoms with Crippen molar-refractivity contribution in [2.24, 2.45) is 0 Å². The Morgan fingerprint density at radius 3 is 2.94 bits per heavy atom. The molecule has 17 heavy (non-hydrogen) atoms. The Labute approximate surface area is 105 Å². The van der Waals surface area contributed by atoms with Crippen molar-refractivity contribution in [3.63, 3.8) is 0 Å². The molecule has 1 atom stereocenters. The number of benzene rings is 1. The minimum atomic E-state index is -1.01. The topological polar surface area (TPSA) is 84.6 Å². The van der Waals surface area contributed by atoms with Crippen LogP contribution in [0.4, 0.5) is 5.69 Å². The molecule has 1 amide bonds. The zero-order valence-corrected chi connectivity index (χ0v) is 10.2. The van der Waals surface area contributed by atoms with Crippen LogP contribution >= 0.6 is 11.6 Å². The molecule has 0 aliphatic heterocycles. The number of carbonyl (C=O) groups excluding carboxylic acids is 1. The Morgan fingerprint density at radius 2 is 2.35 bits per heavy atom. The highest BCUT2D eigenvalue weighted by molar-refractivity contribution is 6.33. The monoisotopic (exact) mass is 258 g/mol. The van der Waals surface area contributed by atoms with Crippen molar-refractivity contribution in [1.82, 2.24) is 5.32 Å². The Morgan fingerprint density at radius 1 is 1.65 bits per heavy atom. The van der Waals surface area contributed by atoms with Gasteiger partial charge in [-0.2, -0.15) is 0 Å². The summed E-state index contributed by atoms with van der Waals surface area (Å²) >= 11 is 5.79. The predicted molar refractivity (Wildman–Crippen MR) is 65.8 cm³/mol. The van der Waals surface area contributed by atoms with Gasteiger partial charge in [0.2, 0.25) is 0 Å². The number of nitrogen functional groups attached to an aromatic ring is 1. The summed E-state index contributed by atoms with van der Waals surface area (Å²) in [5.41, 5.74) is 6.32. The maximum atomic E-state index is 11.6. The summed E-state index contributed by atoms with van der Waals surface area (Å²) in [5.74, 6) is -0.342. The fourth-order valence-corrected chi connectivity index (χ4v) is 1.38. The molecule has 5 nitrogen and oxygen atoms in total. The number of nitrogens with one attached hydrogen (secondary N) is 1. The second-order valence-electron chi connectivity index (χ2n) is 3.36. The number of amides is 1. The predicted octanol–water partition coefficient (Wildman–Crippen LogP) is 1.01. The number of aliphatic hydroxyl groups is 1. The molecule has 0 saturated carbocycles. The van der Waals surface area contributed by atoms with Crippen molar-refractivity contribution in [1.29, 1.82) is 0 Å². The van der Waals surface area contributed by atoms with Crippen LogP contribution in [0.5, 0.6) is 0 Å². The fraction of sp³-hybridized carbons (Fsp3) is 0.364. The van der Waals surface area contributed by atoms with Crippen LogP contribution in [0, 0.1) is 0 Å². The third-order valence-electron chi connectivity index (χ3n) is 2.06. The van der Waals surface area contributed by atoms with Crippen LogP contribution in [0.15, 0.2) is 18.2 Å². The second kappa shape index (κ2) is 6.44. The fourth-order valence-electron chi connectivity index (χ4n) is 1.20. The van der Waals surface area contributed by atoms with Crippen LogP contribution in [-0.2, 0) is 4.74 Å². The zero-order valence-electron chi connectivity index (χ0n) is 9.44. The van der Waals surface area contributed by atoms with E-state index in [0.717, 1.165) is 0 Å². The van der Waals surface area contributed by atoms with E-state index in [1.54, 1.807) is 19.1 Å². The maximum Gasteiger partial charge on any atom is 0.251 e. The van der Waals surface area contributed by atoms with Gasteiger partial charge in [0.05, 0.1) is 17.3 Å². The van der Waals surface area contributed by atoms with Crippen LogP contribution in [0.2, 0.25) is 5.02 Å². The van der Waals surface area contributed by atoms with Gasteiger partial charge in [-0.1, -0.05) is 11.6 Å². The van der Waals surface area contributed by atoms with Crippen LogP contribution in [0.3, 0.4) is 0 Å². The normalized spacial score (nSPS) is 12.2. The molecule has 0 spiro atoms. The summed E-state index contributed by atoms with van der Waals surface area (Å²) in [6, 6.07) is 4.58. The van der Waals surface area contributed by atoms with Gasteiger partial charge >= 0.3 is 0 Å². The van der Waals surface area contributed by atoms with Gasteiger partial charge in [-0.05, 0) is 25.1 Å². The Kier molecular flexibility index (Phi) is 5.21. The number of carbonyl (C=O) groups is 1. The lowest BCUT2D eigenvalue weighted by molar-refractivity contribution is -0.0900. The second-order valence-corrected chi connectivity index (χ2v) is 3.76. The third-order valence-corrected chi connectivity index (χ3v) is 2.39. The van der Waals surface area contributed by atoms with E-state index in [4.69, 9.17) is 22.1 Å². The van der Waals surface area contributed by atoms with Crippen LogP contribution in [-0.4, -0.2) is 30.5 Å². The van der Waals surface area contributed by atoms with Crippen molar-refractivity contribution >= 4 is 23.2 Å². The standard InChI is InChI=1S/C11H15ClN2O3/c1-2-17-10(15)6-14-11(16)7-3-4-9(13)8(12)5-7/h3-5,10,15H,2,6,13H2,1H3,(H,14,16). The van der Waals surface area contributed by atoms with E-state index in [9.17, 15) is 9.90 Å². The van der Waals surface area contributed by atoms with Gasteiger partial charge in [0.15, 0.2) is 6.29 Å². The molecule has 1 rings (SSSR count). The van der Waals surface area contributed by atoms with Gasteiger partial charge in [-0.3, -0.25) is 4.79 Å². The van der Waals surface area contributed by atoms with Crippen molar-refractivity contribution < 1.29 is 14.6 Å². The number of hydrogen-bond acceptors (Lipinski definition) is 4. The quantitative estimate of drug-likeness (QED) is 0.544. The summed E-state index contributed by atoms with van der Waals surface area (Å²) in [6.07, 6.45) is -1.01. The average Bonchev–Trinajstić information content (AvgIpc) is 2.30. The number of anilines is 1. The maximum absolute atomic E-state index is 11.6. The van der Waals surface area contributed by atoms with Gasteiger partial charge in [0, 0.05) is 12.2 Å². The molecule has 0 heterocycles. The van der Waals surface area contributed by atoms with E-state index in [-0.39, 0.29) is 12.5 Å². The molecular formula is C11H15ClN2O3. The van der Waals surface area contributed by atoms with E-state index in [2.05, 4.69) is 5.32 Å². The lowest BCUT2D eigenvalue weighted by Gasteiger charge is -2.11. The minimum Gasteiger partial charge on any atom is -0.398 e. The van der Waals surface area contributed by atoms with E-state index in [0.29, 0.717) is 22.9 Å². The molecule has 0 bridgehead atoms. The molecular weight excluding hydrogens is 244 g/mol. The van der Waals surface area contributed by atoms with E-state index < -0.39 is 6.29 Å². The number of halogens is 1. The van der Waals surface area contributed by atoms with Crippen LogP contribution < -0.4 is 11.1 Å². The van der Waals surface area contributed by atoms with Crippen LogP contribution in [0.25, 0.3) is 0 Å². The van der Waals surface area contributed by atoms with Crippen molar-refractivity contribution in [2.75, 3.05) is 18.9 Å². The first-order chi connectivity index (χ1) is 8.04. The van der Waals surface area contributed by atoms with Crippen LogP contribution in [0.1, 0.15) is 17.3 Å². The molecule has 94 valence electrons. The van der Waals surface area contributed by atoms with Gasteiger partial charge < -0.3 is 20.9 Å². The first kappa shape index (κ1) is 13.8. The Hall–Kier alpha value is -1.30. The largest absolute Gasteiger partial charge is 0.398 e. The van der Waals surface area contributed by atoms with Gasteiger partial charge in [-0.25, -0.2) is 0 Å². The lowest BCUT2D eigenvalue weighted by Crippen LogP contribution is -2.33. The van der Waals surface area contributed by atoms with E-state index in [1.165, 1.54) is 6.07 Å². The SMILES string of the molecule is CCOC(O)CNC(=O)c1ccc(N)c(Cl)c1. The summed E-state index contributed by atoms with van der Waals surface area (Å²) in [7, 11) is 0. The minimum absolute atomic E-state index is 0.0225. The number of rotatable bonds is 5. The highest BCUT2D eigenvalue weighted by atomic mass is 35.5. The number of nitrogens with two attached hydrogens (primary N) is 1. The Balaban J connectivity index is 2.55. The molecule has 0 aromatic heterocycles. The summed E-state index contributed by atoms with van der Waals surface area (Å²) in [4.78, 5) is 11.6. The molecule has 0 fully saturated rings. The molecule has 1 aromatic rings. The first-order valence-corrected chi connectivity index (χ1v) is 5.55. The smallest absolute Gasteiger partial charge is 0.251 e. The van der Waals surface area contributed by atoms with Gasteiger partial charge in [0.1, 0.15) is 0 Å². The first-order valence-electron chi connectivity index (χ1n) is 5.17. The zero-order chi connectivity index (χ0) is 12.8. The summed E-state index contributed by atoms with van der Waals surface area (Å²) in [5, 5.41) is 12.1. The van der Waals surface area contributed by atoms with Crippen molar-refractivity contribution in [3.8, 4) is 0 Å². The summed E-state index contributed by atoms with van der Waals surface area (Å²) < 4.78 is 4.87. The third kappa shape index (κ3) is 4.22. The van der Waals surface area contributed by atoms with Gasteiger partial charge in [-0.15, -0.1) is 0 Å². The molecule has 0 radical (unpaired) electrons. The lowest BCUT2D eigenvalue weighted by atomic mass is 10.2. The van der Waals surface area contributed by atoms with E-state index in [1.807, 2.05) is 0 Å². The number of hydrogen-bond donors (Lipinski definition) is 3. The van der Waals surface area contributed by atoms with Crippen molar-refractivity contribution in [3.05, 3.63) is 28.8 Å². The molecule has 1 aromatic carbocycles. The highest BCUT2D eigenvalue weighted by Gasteiger charge is 2.09. The molecule has 0 aliphatic rings. The number of aliphatic hydroxyl groups excluding tert-OH is 1. The molecule has 0 aliphatic carbocycles.